The van der Waals surface area contributed by atoms with Gasteiger partial charge in [-0.15, -0.1) is 0 Å². The molecule has 0 aliphatic heterocycles. The summed E-state index contributed by atoms with van der Waals surface area (Å²) in [5.74, 6) is 0.0839. The van der Waals surface area contributed by atoms with E-state index in [1.54, 1.807) is 13.1 Å². The Morgan fingerprint density at radius 1 is 1.25 bits per heavy atom. The van der Waals surface area contributed by atoms with Gasteiger partial charge in [0.05, 0.1) is 0 Å². The Hall–Kier alpha value is -2.10. The van der Waals surface area contributed by atoms with Gasteiger partial charge < -0.3 is 10.8 Å². The maximum Gasteiger partial charge on any atom is 0.152 e. The topological polar surface area (TPSA) is 71.0 Å². The van der Waals surface area contributed by atoms with Gasteiger partial charge in [-0.25, -0.2) is 0 Å². The van der Waals surface area contributed by atoms with Crippen molar-refractivity contribution in [1.29, 1.82) is 0 Å². The van der Waals surface area contributed by atoms with Gasteiger partial charge in [-0.2, -0.15) is 10.2 Å². The Kier molecular flexibility index (Phi) is 2.48. The van der Waals surface area contributed by atoms with Crippen molar-refractivity contribution in [2.24, 2.45) is 10.2 Å². The normalized spacial score (nSPS) is 11.4. The number of azo groups is 1. The average Bonchev–Trinajstić information content (AvgIpc) is 2.21. The molecule has 4 nitrogen and oxygen atoms in total. The van der Waals surface area contributed by atoms with Crippen molar-refractivity contribution in [2.75, 3.05) is 12.8 Å². The first-order valence-electron chi connectivity index (χ1n) is 4.95. The van der Waals surface area contributed by atoms with E-state index in [2.05, 4.69) is 10.2 Å². The highest BCUT2D eigenvalue weighted by Gasteiger charge is 2.09. The monoisotopic (exact) mass is 215 g/mol. The van der Waals surface area contributed by atoms with Crippen molar-refractivity contribution in [3.05, 3.63) is 29.8 Å². The van der Waals surface area contributed by atoms with Crippen LogP contribution in [0.1, 0.15) is 5.56 Å². The Morgan fingerprint density at radius 3 is 2.69 bits per heavy atom. The smallest absolute Gasteiger partial charge is 0.152 e. The van der Waals surface area contributed by atoms with E-state index in [4.69, 9.17) is 5.73 Å². The predicted molar refractivity (Wildman–Crippen MR) is 65.2 cm³/mol. The number of phenols is 1. The summed E-state index contributed by atoms with van der Waals surface area (Å²) < 4.78 is 0. The lowest BCUT2D eigenvalue weighted by molar-refractivity contribution is 0.483. The quantitative estimate of drug-likeness (QED) is 0.566. The molecule has 0 amide bonds. The number of nitrogens with zero attached hydrogens (tertiary/aromatic N) is 2. The SMILES string of the molecule is CN=Nc1ccc2cc(C)cc(N)c2c1O. The number of rotatable bonds is 1. The Bertz CT molecular complexity index is 576. The molecule has 16 heavy (non-hydrogen) atoms. The molecule has 0 aromatic heterocycles. The number of benzene rings is 2. The van der Waals surface area contributed by atoms with E-state index >= 15 is 0 Å². The lowest BCUT2D eigenvalue weighted by atomic mass is 10.0. The maximum atomic E-state index is 10.0. The third kappa shape index (κ3) is 1.58. The Morgan fingerprint density at radius 2 is 2.00 bits per heavy atom. The Labute approximate surface area is 93.4 Å². The van der Waals surface area contributed by atoms with Crippen LogP contribution in [0.15, 0.2) is 34.5 Å². The molecule has 2 aromatic rings. The number of hydrogen-bond donors (Lipinski definition) is 2. The van der Waals surface area contributed by atoms with E-state index in [9.17, 15) is 5.11 Å². The Balaban J connectivity index is 2.83. The van der Waals surface area contributed by atoms with Gasteiger partial charge in [-0.3, -0.25) is 0 Å². The van der Waals surface area contributed by atoms with Crippen molar-refractivity contribution >= 4 is 22.1 Å². The molecule has 2 rings (SSSR count). The second-order valence-corrected chi connectivity index (χ2v) is 3.69. The molecule has 0 bridgehead atoms. The van der Waals surface area contributed by atoms with E-state index in [1.165, 1.54) is 0 Å². The molecular formula is C12H13N3O. The van der Waals surface area contributed by atoms with Crippen molar-refractivity contribution in [1.82, 2.24) is 0 Å². The fourth-order valence-corrected chi connectivity index (χ4v) is 1.81. The number of fused-ring (bicyclic) bond motifs is 1. The third-order valence-corrected chi connectivity index (χ3v) is 2.45. The van der Waals surface area contributed by atoms with E-state index < -0.39 is 0 Å². The molecule has 0 atom stereocenters. The number of phenolic OH excluding ortho intramolecular Hbond substituents is 1. The second-order valence-electron chi connectivity index (χ2n) is 3.69. The highest BCUT2D eigenvalue weighted by Crippen LogP contribution is 2.38. The van der Waals surface area contributed by atoms with Crippen molar-refractivity contribution in [2.45, 2.75) is 6.92 Å². The zero-order valence-corrected chi connectivity index (χ0v) is 9.23. The van der Waals surface area contributed by atoms with Crippen LogP contribution in [0.5, 0.6) is 5.75 Å². The van der Waals surface area contributed by atoms with Gasteiger partial charge in [0.25, 0.3) is 0 Å². The number of aromatic hydroxyl groups is 1. The first-order chi connectivity index (χ1) is 7.63. The number of anilines is 1. The van der Waals surface area contributed by atoms with Crippen LogP contribution < -0.4 is 5.73 Å². The first kappa shape index (κ1) is 10.4. The van der Waals surface area contributed by atoms with Crippen LogP contribution in [-0.4, -0.2) is 12.2 Å². The number of hydrogen-bond acceptors (Lipinski definition) is 4. The molecule has 0 saturated carbocycles. The van der Waals surface area contributed by atoms with Crippen LogP contribution in [0.25, 0.3) is 10.8 Å². The largest absolute Gasteiger partial charge is 0.505 e. The summed E-state index contributed by atoms with van der Waals surface area (Å²) in [6, 6.07) is 7.40. The summed E-state index contributed by atoms with van der Waals surface area (Å²) in [5.41, 5.74) is 7.95. The molecule has 3 N–H and O–H groups in total. The molecular weight excluding hydrogens is 202 g/mol. The highest BCUT2D eigenvalue weighted by molar-refractivity contribution is 6.01. The lowest BCUT2D eigenvalue weighted by Gasteiger charge is -2.07. The third-order valence-electron chi connectivity index (χ3n) is 2.45. The van der Waals surface area contributed by atoms with E-state index in [0.717, 1.165) is 10.9 Å². The summed E-state index contributed by atoms with van der Waals surface area (Å²) in [5, 5.41) is 19.0. The van der Waals surface area contributed by atoms with Gasteiger partial charge in [-0.1, -0.05) is 12.1 Å². The molecule has 0 aliphatic rings. The molecule has 2 aromatic carbocycles. The molecule has 0 fully saturated rings. The molecule has 0 radical (unpaired) electrons. The van der Waals surface area contributed by atoms with Crippen molar-refractivity contribution in [3.63, 3.8) is 0 Å². The van der Waals surface area contributed by atoms with Crippen LogP contribution in [0.3, 0.4) is 0 Å². The summed E-state index contributed by atoms with van der Waals surface area (Å²) in [6.07, 6.45) is 0. The predicted octanol–water partition coefficient (Wildman–Crippen LogP) is 3.15. The fraction of sp³-hybridized carbons (Fsp3) is 0.167. The molecule has 0 unspecified atom stereocenters. The number of nitrogen functional groups attached to an aromatic ring is 1. The molecule has 82 valence electrons. The van der Waals surface area contributed by atoms with E-state index in [1.807, 2.05) is 25.1 Å². The minimum atomic E-state index is 0.0839. The van der Waals surface area contributed by atoms with E-state index in [-0.39, 0.29) is 5.75 Å². The van der Waals surface area contributed by atoms with Crippen LogP contribution >= 0.6 is 0 Å². The van der Waals surface area contributed by atoms with Gasteiger partial charge in [0.2, 0.25) is 0 Å². The van der Waals surface area contributed by atoms with Crippen LogP contribution in [0, 0.1) is 6.92 Å². The molecule has 0 heterocycles. The average molecular weight is 215 g/mol. The standard InChI is InChI=1S/C12H13N3O/c1-7-5-8-3-4-10(15-14-2)12(16)11(8)9(13)6-7/h3-6,16H,13H2,1-2H3. The molecule has 4 heteroatoms. The van der Waals surface area contributed by atoms with Crippen molar-refractivity contribution in [3.8, 4) is 5.75 Å². The van der Waals surface area contributed by atoms with Crippen LogP contribution in [-0.2, 0) is 0 Å². The number of aryl methyl sites for hydroxylation is 1. The second kappa shape index (κ2) is 3.81. The molecule has 0 spiro atoms. The first-order valence-corrected chi connectivity index (χ1v) is 4.95. The van der Waals surface area contributed by atoms with Gasteiger partial charge in [0.15, 0.2) is 5.75 Å². The highest BCUT2D eigenvalue weighted by atomic mass is 16.3. The maximum absolute atomic E-state index is 10.0. The minimum absolute atomic E-state index is 0.0839. The van der Waals surface area contributed by atoms with E-state index in [0.29, 0.717) is 16.8 Å². The lowest BCUT2D eigenvalue weighted by Crippen LogP contribution is -1.89. The summed E-state index contributed by atoms with van der Waals surface area (Å²) in [6.45, 7) is 1.96. The molecule has 0 aliphatic carbocycles. The summed E-state index contributed by atoms with van der Waals surface area (Å²) in [4.78, 5) is 0. The molecule has 0 saturated heterocycles. The van der Waals surface area contributed by atoms with Crippen LogP contribution in [0.2, 0.25) is 0 Å². The van der Waals surface area contributed by atoms with Crippen LogP contribution in [0.4, 0.5) is 11.4 Å². The zero-order valence-electron chi connectivity index (χ0n) is 9.23. The van der Waals surface area contributed by atoms with Crippen molar-refractivity contribution < 1.29 is 5.11 Å². The van der Waals surface area contributed by atoms with Gasteiger partial charge in [0.1, 0.15) is 5.69 Å². The summed E-state index contributed by atoms with van der Waals surface area (Å²) in [7, 11) is 1.56. The minimum Gasteiger partial charge on any atom is -0.505 e. The van der Waals surface area contributed by atoms with Gasteiger partial charge in [0, 0.05) is 18.1 Å². The zero-order chi connectivity index (χ0) is 11.7. The van der Waals surface area contributed by atoms with Gasteiger partial charge in [-0.05, 0) is 30.0 Å². The van der Waals surface area contributed by atoms with Gasteiger partial charge >= 0.3 is 0 Å². The summed E-state index contributed by atoms with van der Waals surface area (Å²) >= 11 is 0. The number of nitrogens with two attached hydrogens (primary N) is 1. The fourth-order valence-electron chi connectivity index (χ4n) is 1.81.